The maximum atomic E-state index is 13.1. The van der Waals surface area contributed by atoms with E-state index >= 15 is 0 Å². The molecule has 1 fully saturated rings. The molecule has 0 amide bonds. The van der Waals surface area contributed by atoms with E-state index in [0.29, 0.717) is 24.3 Å². The Balaban J connectivity index is 1.70. The molecule has 0 aromatic heterocycles. The molecule has 1 N–H and O–H groups in total. The lowest BCUT2D eigenvalue weighted by Crippen LogP contribution is -2.46. The van der Waals surface area contributed by atoms with Crippen LogP contribution in [-0.4, -0.2) is 50.6 Å². The summed E-state index contributed by atoms with van der Waals surface area (Å²) in [7, 11) is -2.21. The Kier molecular flexibility index (Phi) is 7.93. The molecule has 0 spiro atoms. The Labute approximate surface area is 202 Å². The fourth-order valence-corrected chi connectivity index (χ4v) is 5.72. The van der Waals surface area contributed by atoms with Crippen LogP contribution in [0.4, 0.5) is 0 Å². The van der Waals surface area contributed by atoms with Gasteiger partial charge in [0.05, 0.1) is 25.0 Å². The van der Waals surface area contributed by atoms with Crippen molar-refractivity contribution in [1.82, 2.24) is 4.31 Å². The van der Waals surface area contributed by atoms with E-state index in [1.165, 1.54) is 23.0 Å². The minimum atomic E-state index is -3.70. The number of hydrogen-bond acceptors (Lipinski definition) is 5. The first-order valence-corrected chi connectivity index (χ1v) is 13.0. The van der Waals surface area contributed by atoms with Gasteiger partial charge in [-0.15, -0.1) is 0 Å². The highest BCUT2D eigenvalue weighted by molar-refractivity contribution is 7.89. The molecule has 1 aliphatic rings. The molecule has 3 rings (SSSR count). The van der Waals surface area contributed by atoms with Crippen molar-refractivity contribution in [2.45, 2.75) is 56.8 Å². The normalized spacial score (nSPS) is 16.7. The van der Waals surface area contributed by atoms with Crippen LogP contribution >= 0.6 is 0 Å². The molecule has 1 saturated heterocycles. The molecule has 34 heavy (non-hydrogen) atoms. The summed E-state index contributed by atoms with van der Waals surface area (Å²) < 4.78 is 38.9. The van der Waals surface area contributed by atoms with E-state index in [1.807, 2.05) is 24.3 Å². The molecule has 8 heteroatoms. The highest BCUT2D eigenvalue weighted by atomic mass is 32.2. The van der Waals surface area contributed by atoms with Crippen molar-refractivity contribution in [3.05, 3.63) is 54.1 Å². The van der Waals surface area contributed by atoms with Crippen LogP contribution in [0.3, 0.4) is 0 Å². The van der Waals surface area contributed by atoms with Crippen molar-refractivity contribution in [3.63, 3.8) is 0 Å². The highest BCUT2D eigenvalue weighted by Gasteiger charge is 2.41. The Hall–Kier alpha value is -2.58. The second kappa shape index (κ2) is 10.4. The summed E-state index contributed by atoms with van der Waals surface area (Å²) in [4.78, 5) is 11.8. The molecule has 1 aliphatic heterocycles. The predicted octanol–water partition coefficient (Wildman–Crippen LogP) is 4.71. The lowest BCUT2D eigenvalue weighted by Gasteiger charge is -2.40. The van der Waals surface area contributed by atoms with Gasteiger partial charge in [-0.1, -0.05) is 39.0 Å². The maximum absolute atomic E-state index is 13.1. The molecule has 7 nitrogen and oxygen atoms in total. The maximum Gasteiger partial charge on any atom is 0.304 e. The van der Waals surface area contributed by atoms with E-state index in [2.05, 4.69) is 20.8 Å². The summed E-state index contributed by atoms with van der Waals surface area (Å²) in [5, 5.41) is 9.54. The third-order valence-corrected chi connectivity index (χ3v) is 8.95. The van der Waals surface area contributed by atoms with Crippen molar-refractivity contribution in [2.24, 2.45) is 5.41 Å². The first kappa shape index (κ1) is 26.0. The largest absolute Gasteiger partial charge is 0.497 e. The van der Waals surface area contributed by atoms with Gasteiger partial charge in [0.2, 0.25) is 10.0 Å². The number of hydrogen-bond donors (Lipinski definition) is 1. The molecule has 0 aliphatic carbocycles. The van der Waals surface area contributed by atoms with Crippen LogP contribution < -0.4 is 9.47 Å². The van der Waals surface area contributed by atoms with Crippen molar-refractivity contribution in [3.8, 4) is 11.5 Å². The summed E-state index contributed by atoms with van der Waals surface area (Å²) in [5.74, 6) is 0.250. The van der Waals surface area contributed by atoms with E-state index in [9.17, 15) is 18.3 Å². The van der Waals surface area contributed by atoms with Gasteiger partial charge in [0.1, 0.15) is 11.5 Å². The van der Waals surface area contributed by atoms with Crippen LogP contribution in [0.2, 0.25) is 0 Å². The summed E-state index contributed by atoms with van der Waals surface area (Å²) >= 11 is 0. The first-order chi connectivity index (χ1) is 16.0. The third-order valence-electron chi connectivity index (χ3n) is 7.05. The molecule has 1 heterocycles. The average Bonchev–Trinajstić information content (AvgIpc) is 2.83. The standard InChI is InChI=1S/C26H35NO6S/c1-5-25(2,3)20-9-11-21(12-10-20)33-19-26(18-24(28)29)13-15-27(16-14-26)34(30,31)23-8-6-7-22(17-23)32-4/h6-12,17H,5,13-16,18-19H2,1-4H3,(H,28,29). The van der Waals surface area contributed by atoms with Gasteiger partial charge in [-0.05, 0) is 54.5 Å². The topological polar surface area (TPSA) is 93.1 Å². The summed E-state index contributed by atoms with van der Waals surface area (Å²) in [6, 6.07) is 14.3. The van der Waals surface area contributed by atoms with Gasteiger partial charge in [-0.2, -0.15) is 4.31 Å². The molecule has 0 atom stereocenters. The number of aliphatic carboxylic acids is 1. The van der Waals surface area contributed by atoms with Crippen molar-refractivity contribution >= 4 is 16.0 Å². The number of piperidine rings is 1. The zero-order chi connectivity index (χ0) is 25.0. The summed E-state index contributed by atoms with van der Waals surface area (Å²) in [6.45, 7) is 7.24. The van der Waals surface area contributed by atoms with E-state index in [4.69, 9.17) is 9.47 Å². The van der Waals surface area contributed by atoms with Crippen LogP contribution in [0.15, 0.2) is 53.4 Å². The number of carbonyl (C=O) groups is 1. The van der Waals surface area contributed by atoms with Crippen molar-refractivity contribution in [2.75, 3.05) is 26.8 Å². The third kappa shape index (κ3) is 5.91. The monoisotopic (exact) mass is 489 g/mol. The molecule has 0 saturated carbocycles. The van der Waals surface area contributed by atoms with Crippen molar-refractivity contribution < 1.29 is 27.8 Å². The SMILES string of the molecule is CCC(C)(C)c1ccc(OCC2(CC(=O)O)CCN(S(=O)(=O)c3cccc(OC)c3)CC2)cc1. The molecule has 0 unspecified atom stereocenters. The van der Waals surface area contributed by atoms with Gasteiger partial charge in [-0.25, -0.2) is 8.42 Å². The molecule has 0 bridgehead atoms. The van der Waals surface area contributed by atoms with E-state index in [-0.39, 0.29) is 36.4 Å². The Morgan fingerprint density at radius 3 is 2.29 bits per heavy atom. The number of benzene rings is 2. The predicted molar refractivity (Wildman–Crippen MR) is 131 cm³/mol. The van der Waals surface area contributed by atoms with Gasteiger partial charge in [0, 0.05) is 24.6 Å². The number of methoxy groups -OCH3 is 1. The molecule has 2 aromatic rings. The number of rotatable bonds is 10. The van der Waals surface area contributed by atoms with Crippen LogP contribution in [0.1, 0.15) is 52.0 Å². The van der Waals surface area contributed by atoms with E-state index < -0.39 is 21.4 Å². The number of carboxylic acid groups (broad SMARTS) is 1. The van der Waals surface area contributed by atoms with Crippen molar-refractivity contribution in [1.29, 1.82) is 0 Å². The summed E-state index contributed by atoms with van der Waals surface area (Å²) in [6.07, 6.45) is 1.76. The molecular weight excluding hydrogens is 454 g/mol. The number of carboxylic acids is 1. The second-order valence-electron chi connectivity index (χ2n) is 9.70. The van der Waals surface area contributed by atoms with Gasteiger partial charge >= 0.3 is 5.97 Å². The van der Waals surface area contributed by atoms with Crippen LogP contribution in [0, 0.1) is 5.41 Å². The van der Waals surface area contributed by atoms with Crippen LogP contribution in [0.5, 0.6) is 11.5 Å². The lowest BCUT2D eigenvalue weighted by atomic mass is 9.77. The summed E-state index contributed by atoms with van der Waals surface area (Å²) in [5.41, 5.74) is 0.663. The number of ether oxygens (including phenoxy) is 2. The zero-order valence-corrected chi connectivity index (χ0v) is 21.2. The Morgan fingerprint density at radius 2 is 1.74 bits per heavy atom. The minimum absolute atomic E-state index is 0.0685. The highest BCUT2D eigenvalue weighted by Crippen LogP contribution is 2.38. The average molecular weight is 490 g/mol. The lowest BCUT2D eigenvalue weighted by molar-refractivity contribution is -0.141. The van der Waals surface area contributed by atoms with Crippen LogP contribution in [0.25, 0.3) is 0 Å². The molecule has 186 valence electrons. The van der Waals surface area contributed by atoms with Gasteiger partial charge in [-0.3, -0.25) is 4.79 Å². The Morgan fingerprint density at radius 1 is 1.09 bits per heavy atom. The fourth-order valence-electron chi connectivity index (χ4n) is 4.25. The smallest absolute Gasteiger partial charge is 0.304 e. The first-order valence-electron chi connectivity index (χ1n) is 11.6. The fraction of sp³-hybridized carbons (Fsp3) is 0.500. The quantitative estimate of drug-likeness (QED) is 0.520. The Bertz CT molecular complexity index is 1090. The van der Waals surface area contributed by atoms with Gasteiger partial charge < -0.3 is 14.6 Å². The van der Waals surface area contributed by atoms with Gasteiger partial charge in [0.15, 0.2) is 0 Å². The second-order valence-corrected chi connectivity index (χ2v) is 11.6. The van der Waals surface area contributed by atoms with E-state index in [0.717, 1.165) is 6.42 Å². The van der Waals surface area contributed by atoms with E-state index in [1.54, 1.807) is 18.2 Å². The van der Waals surface area contributed by atoms with Gasteiger partial charge in [0.25, 0.3) is 0 Å². The minimum Gasteiger partial charge on any atom is -0.497 e. The molecule has 0 radical (unpaired) electrons. The number of nitrogens with zero attached hydrogens (tertiary/aromatic N) is 1. The number of sulfonamides is 1. The molecular formula is C26H35NO6S. The zero-order valence-electron chi connectivity index (χ0n) is 20.4. The molecule has 2 aromatic carbocycles. The van der Waals surface area contributed by atoms with Crippen LogP contribution in [-0.2, 0) is 20.2 Å².